The molecule has 5 rings (SSSR count). The average Bonchev–Trinajstić information content (AvgIpc) is 3.26. The second-order valence-corrected chi connectivity index (χ2v) is 10.4. The number of aliphatic hydroxyl groups is 1. The third-order valence-electron chi connectivity index (χ3n) is 7.74. The van der Waals surface area contributed by atoms with Crippen LogP contribution in [-0.2, 0) is 14.3 Å². The van der Waals surface area contributed by atoms with E-state index in [0.717, 1.165) is 45.7 Å². The zero-order chi connectivity index (χ0) is 28.8. The minimum absolute atomic E-state index is 0.0344. The minimum atomic E-state index is -0.790. The lowest BCUT2D eigenvalue weighted by Crippen LogP contribution is -3.14. The average molecular weight is 568 g/mol. The number of carbonyl (C=O) groups excluding carboxylic acids is 2. The van der Waals surface area contributed by atoms with Gasteiger partial charge >= 0.3 is 0 Å². The van der Waals surface area contributed by atoms with Gasteiger partial charge in [0.15, 0.2) is 23.0 Å². The molecule has 1 atom stereocenters. The van der Waals surface area contributed by atoms with Crippen LogP contribution in [0.3, 0.4) is 0 Å². The Hall–Kier alpha value is -3.76. The first-order chi connectivity index (χ1) is 20.0. The molecule has 0 saturated carbocycles. The van der Waals surface area contributed by atoms with Crippen molar-refractivity contribution in [1.29, 1.82) is 0 Å². The molecular formula is C31H39N2O8+. The quantitative estimate of drug-likeness (QED) is 0.185. The fourth-order valence-corrected chi connectivity index (χ4v) is 5.51. The summed E-state index contributed by atoms with van der Waals surface area (Å²) >= 11 is 0. The molecule has 0 spiro atoms. The van der Waals surface area contributed by atoms with Crippen LogP contribution in [-0.4, -0.2) is 88.0 Å². The molecule has 0 aliphatic carbocycles. The molecule has 2 aromatic rings. The van der Waals surface area contributed by atoms with Gasteiger partial charge in [-0.2, -0.15) is 0 Å². The number of Topliss-reactive ketones (excluding diaryl/α,β-unsaturated/α-hetero) is 1. The maximum atomic E-state index is 13.5. The highest BCUT2D eigenvalue weighted by molar-refractivity contribution is 6.46. The van der Waals surface area contributed by atoms with E-state index in [2.05, 4.69) is 6.92 Å². The molecule has 2 N–H and O–H groups in total. The topological polar surface area (TPSA) is 108 Å². The molecule has 3 aliphatic rings. The van der Waals surface area contributed by atoms with Gasteiger partial charge in [0.2, 0.25) is 0 Å². The fraction of sp³-hybridized carbons (Fsp3) is 0.484. The normalized spacial score (nSPS) is 20.3. The van der Waals surface area contributed by atoms with Crippen molar-refractivity contribution in [2.24, 2.45) is 0 Å². The highest BCUT2D eigenvalue weighted by Crippen LogP contribution is 2.43. The van der Waals surface area contributed by atoms with Crippen LogP contribution in [0.4, 0.5) is 0 Å². The zero-order valence-electron chi connectivity index (χ0n) is 23.8. The van der Waals surface area contributed by atoms with Crippen LogP contribution in [0, 0.1) is 0 Å². The minimum Gasteiger partial charge on any atom is -0.507 e. The Labute approximate surface area is 240 Å². The van der Waals surface area contributed by atoms with Gasteiger partial charge in [-0.1, -0.05) is 19.4 Å². The van der Waals surface area contributed by atoms with E-state index in [1.54, 1.807) is 42.3 Å². The predicted molar refractivity (Wildman–Crippen MR) is 151 cm³/mol. The Morgan fingerprint density at radius 3 is 2.54 bits per heavy atom. The number of nitrogens with zero attached hydrogens (tertiary/aromatic N) is 1. The van der Waals surface area contributed by atoms with Crippen molar-refractivity contribution in [3.63, 3.8) is 0 Å². The Balaban J connectivity index is 1.50. The van der Waals surface area contributed by atoms with Crippen LogP contribution in [0.1, 0.15) is 43.4 Å². The monoisotopic (exact) mass is 567 g/mol. The van der Waals surface area contributed by atoms with Gasteiger partial charge < -0.3 is 38.6 Å². The largest absolute Gasteiger partial charge is 0.507 e. The van der Waals surface area contributed by atoms with Crippen molar-refractivity contribution in [3.8, 4) is 23.0 Å². The van der Waals surface area contributed by atoms with Crippen molar-refractivity contribution < 1.29 is 43.3 Å². The van der Waals surface area contributed by atoms with Crippen LogP contribution in [0.2, 0.25) is 0 Å². The van der Waals surface area contributed by atoms with E-state index in [1.165, 1.54) is 4.90 Å². The number of quaternary nitrogens is 1. The predicted octanol–water partition coefficient (Wildman–Crippen LogP) is 2.37. The van der Waals surface area contributed by atoms with Crippen LogP contribution in [0.5, 0.6) is 23.0 Å². The first-order valence-corrected chi connectivity index (χ1v) is 14.4. The van der Waals surface area contributed by atoms with E-state index in [1.807, 2.05) is 6.07 Å². The summed E-state index contributed by atoms with van der Waals surface area (Å²) in [6.07, 6.45) is 2.62. The van der Waals surface area contributed by atoms with Gasteiger partial charge in [-0.05, 0) is 42.3 Å². The standard InChI is InChI=1S/C31H38N2O8/c1-3-4-14-39-23-8-6-21(19-25(23)37-2)28-27(29(34)22-7-9-24-26(20-22)41-18-17-40-24)30(35)31(36)33(28)11-5-10-32-12-15-38-16-13-32/h6-9,19-20,28,34H,3-5,10-18H2,1-2H3/p+1/t28-/m1/s1. The molecular weight excluding hydrogens is 528 g/mol. The Morgan fingerprint density at radius 1 is 1.00 bits per heavy atom. The van der Waals surface area contributed by atoms with E-state index >= 15 is 0 Å². The van der Waals surface area contributed by atoms with Gasteiger partial charge in [0.25, 0.3) is 11.7 Å². The van der Waals surface area contributed by atoms with Gasteiger partial charge in [-0.25, -0.2) is 0 Å². The lowest BCUT2D eigenvalue weighted by atomic mass is 9.94. The summed E-state index contributed by atoms with van der Waals surface area (Å²) in [5, 5.41) is 11.5. The molecule has 0 unspecified atom stereocenters. The lowest BCUT2D eigenvalue weighted by molar-refractivity contribution is -0.908. The number of hydrogen-bond donors (Lipinski definition) is 2. The number of nitrogens with one attached hydrogen (secondary N) is 1. The zero-order valence-corrected chi connectivity index (χ0v) is 23.8. The van der Waals surface area contributed by atoms with Crippen LogP contribution >= 0.6 is 0 Å². The number of benzene rings is 2. The molecule has 0 radical (unpaired) electrons. The molecule has 2 aromatic carbocycles. The third kappa shape index (κ3) is 6.28. The highest BCUT2D eigenvalue weighted by atomic mass is 16.6. The van der Waals surface area contributed by atoms with Gasteiger partial charge in [0.05, 0.1) is 45.1 Å². The van der Waals surface area contributed by atoms with Crippen molar-refractivity contribution >= 4 is 17.4 Å². The molecule has 10 heteroatoms. The number of aliphatic hydroxyl groups excluding tert-OH is 1. The number of ketones is 1. The van der Waals surface area contributed by atoms with E-state index in [-0.39, 0.29) is 11.3 Å². The maximum absolute atomic E-state index is 13.5. The van der Waals surface area contributed by atoms with Crippen molar-refractivity contribution in [2.45, 2.75) is 32.2 Å². The van der Waals surface area contributed by atoms with E-state index in [9.17, 15) is 14.7 Å². The second kappa shape index (κ2) is 13.3. The number of fused-ring (bicyclic) bond motifs is 1. The first-order valence-electron chi connectivity index (χ1n) is 14.4. The van der Waals surface area contributed by atoms with Gasteiger partial charge in [-0.15, -0.1) is 0 Å². The Bertz CT molecular complexity index is 1290. The van der Waals surface area contributed by atoms with E-state index in [0.29, 0.717) is 66.9 Å². The number of ether oxygens (including phenoxy) is 5. The molecule has 2 fully saturated rings. The number of rotatable bonds is 11. The SMILES string of the molecule is CCCCOc1ccc([C@@H]2C(=C(O)c3ccc4c(c3)OCCO4)C(=O)C(=O)N2CCC[NH+]2CCOCC2)cc1OC. The van der Waals surface area contributed by atoms with Crippen LogP contribution < -0.4 is 23.8 Å². The third-order valence-corrected chi connectivity index (χ3v) is 7.74. The summed E-state index contributed by atoms with van der Waals surface area (Å²) in [5.41, 5.74) is 1.07. The molecule has 1 amide bonds. The number of carbonyl (C=O) groups is 2. The summed E-state index contributed by atoms with van der Waals surface area (Å²) in [5.74, 6) is 0.532. The number of unbranched alkanes of at least 4 members (excludes halogenated alkanes) is 1. The van der Waals surface area contributed by atoms with Crippen molar-refractivity contribution in [1.82, 2.24) is 4.90 Å². The van der Waals surface area contributed by atoms with Gasteiger partial charge in [0.1, 0.15) is 32.1 Å². The number of hydrogen-bond acceptors (Lipinski definition) is 8. The van der Waals surface area contributed by atoms with Crippen LogP contribution in [0.25, 0.3) is 5.76 Å². The Morgan fingerprint density at radius 2 is 1.78 bits per heavy atom. The lowest BCUT2D eigenvalue weighted by Gasteiger charge is -2.28. The van der Waals surface area contributed by atoms with E-state index in [4.69, 9.17) is 23.7 Å². The molecule has 0 bridgehead atoms. The summed E-state index contributed by atoms with van der Waals surface area (Å²) in [4.78, 5) is 30.0. The molecule has 0 aromatic heterocycles. The summed E-state index contributed by atoms with van der Waals surface area (Å²) in [6, 6.07) is 9.63. The van der Waals surface area contributed by atoms with Gasteiger partial charge in [0, 0.05) is 18.5 Å². The smallest absolute Gasteiger partial charge is 0.295 e. The summed E-state index contributed by atoms with van der Waals surface area (Å²) in [7, 11) is 1.56. The fourth-order valence-electron chi connectivity index (χ4n) is 5.51. The molecule has 10 nitrogen and oxygen atoms in total. The second-order valence-electron chi connectivity index (χ2n) is 10.4. The Kier molecular flexibility index (Phi) is 9.31. The summed E-state index contributed by atoms with van der Waals surface area (Å²) in [6.45, 7) is 7.99. The molecule has 220 valence electrons. The number of morpholine rings is 1. The first kappa shape index (κ1) is 28.8. The van der Waals surface area contributed by atoms with Gasteiger partial charge in [-0.3, -0.25) is 9.59 Å². The van der Waals surface area contributed by atoms with Crippen LogP contribution in [0.15, 0.2) is 42.0 Å². The maximum Gasteiger partial charge on any atom is 0.295 e. The molecule has 3 aliphatic heterocycles. The van der Waals surface area contributed by atoms with Crippen molar-refractivity contribution in [2.75, 3.05) is 66.3 Å². The number of likely N-dealkylation sites (tertiary alicyclic amines) is 1. The molecule has 3 heterocycles. The number of amides is 1. The molecule has 2 saturated heterocycles. The van der Waals surface area contributed by atoms with Crippen molar-refractivity contribution in [3.05, 3.63) is 53.1 Å². The summed E-state index contributed by atoms with van der Waals surface area (Å²) < 4.78 is 28.3. The highest BCUT2D eigenvalue weighted by Gasteiger charge is 2.46. The van der Waals surface area contributed by atoms with E-state index < -0.39 is 17.7 Å². The number of methoxy groups -OCH3 is 1. The molecule has 41 heavy (non-hydrogen) atoms.